The lowest BCUT2D eigenvalue weighted by atomic mass is 9.99. The average Bonchev–Trinajstić information content (AvgIpc) is 3.30. The van der Waals surface area contributed by atoms with Gasteiger partial charge in [-0.2, -0.15) is 0 Å². The summed E-state index contributed by atoms with van der Waals surface area (Å²) < 4.78 is 16.9. The van der Waals surface area contributed by atoms with Crippen LogP contribution >= 0.6 is 0 Å². The van der Waals surface area contributed by atoms with Crippen molar-refractivity contribution in [3.05, 3.63) is 0 Å². The Morgan fingerprint density at radius 2 is 0.576 bits per heavy atom. The molecule has 0 aliphatic heterocycles. The summed E-state index contributed by atoms with van der Waals surface area (Å²) in [6.07, 6.45) is 56.7. The number of hydrogen-bond donors (Lipinski definition) is 0. The van der Waals surface area contributed by atoms with Crippen molar-refractivity contribution in [2.75, 3.05) is 13.2 Å². The van der Waals surface area contributed by atoms with E-state index in [4.69, 9.17) is 14.2 Å². The molecule has 0 radical (unpaired) electrons. The molecule has 0 bridgehead atoms. The third kappa shape index (κ3) is 51.8. The van der Waals surface area contributed by atoms with Crippen molar-refractivity contribution >= 4 is 17.9 Å². The molecule has 0 N–H and O–H groups in total. The smallest absolute Gasteiger partial charge is 0.306 e. The van der Waals surface area contributed by atoms with Gasteiger partial charge in [0.2, 0.25) is 0 Å². The zero-order valence-electron chi connectivity index (χ0n) is 45.3. The Morgan fingerprint density at radius 3 is 0.864 bits per heavy atom. The van der Waals surface area contributed by atoms with Gasteiger partial charge in [0.15, 0.2) is 6.10 Å². The van der Waals surface area contributed by atoms with Crippen LogP contribution in [0.15, 0.2) is 0 Å². The Labute approximate surface area is 412 Å². The molecule has 0 aromatic heterocycles. The highest BCUT2D eigenvalue weighted by molar-refractivity contribution is 5.71. The number of esters is 3. The van der Waals surface area contributed by atoms with Gasteiger partial charge in [-0.1, -0.05) is 298 Å². The summed E-state index contributed by atoms with van der Waals surface area (Å²) in [5.74, 6) is 0.848. The summed E-state index contributed by atoms with van der Waals surface area (Å²) in [7, 11) is 0. The zero-order valence-corrected chi connectivity index (χ0v) is 45.3. The number of hydrogen-bond acceptors (Lipinski definition) is 6. The van der Waals surface area contributed by atoms with E-state index < -0.39 is 6.10 Å². The normalized spacial score (nSPS) is 12.5. The highest BCUT2D eigenvalue weighted by atomic mass is 16.6. The van der Waals surface area contributed by atoms with Crippen molar-refractivity contribution in [2.24, 2.45) is 11.8 Å². The highest BCUT2D eigenvalue weighted by Gasteiger charge is 2.19. The van der Waals surface area contributed by atoms with Gasteiger partial charge in [-0.3, -0.25) is 14.4 Å². The standard InChI is InChI=1S/C60H116O6/c1-6-8-9-10-11-12-13-14-15-16-17-18-19-23-26-29-35-40-45-50-58(61)64-53-57(66-60(63)52-47-42-37-32-31-33-38-43-48-55(3)4)54-65-59(62)51-46-41-36-30-27-24-21-20-22-25-28-34-39-44-49-56(5)7-2/h55-57H,6-54H2,1-5H3/t56?,57-/m0/s1. The van der Waals surface area contributed by atoms with Crippen molar-refractivity contribution in [2.45, 2.75) is 343 Å². The molecule has 0 saturated carbocycles. The Hall–Kier alpha value is -1.59. The monoisotopic (exact) mass is 933 g/mol. The second-order valence-corrected chi connectivity index (χ2v) is 21.4. The zero-order chi connectivity index (χ0) is 48.2. The van der Waals surface area contributed by atoms with Crippen LogP contribution in [0, 0.1) is 11.8 Å². The summed E-state index contributed by atoms with van der Waals surface area (Å²) in [4.78, 5) is 38.1. The van der Waals surface area contributed by atoms with Gasteiger partial charge < -0.3 is 14.2 Å². The van der Waals surface area contributed by atoms with E-state index in [1.807, 2.05) is 0 Å². The van der Waals surface area contributed by atoms with Crippen LogP contribution in [0.5, 0.6) is 0 Å². The first-order valence-electron chi connectivity index (χ1n) is 29.8. The number of ether oxygens (including phenoxy) is 3. The van der Waals surface area contributed by atoms with Crippen molar-refractivity contribution in [1.29, 1.82) is 0 Å². The summed E-state index contributed by atoms with van der Waals surface area (Å²) in [6, 6.07) is 0. The third-order valence-corrected chi connectivity index (χ3v) is 14.1. The number of carbonyl (C=O) groups excluding carboxylic acids is 3. The molecule has 66 heavy (non-hydrogen) atoms. The van der Waals surface area contributed by atoms with Crippen LogP contribution in [0.1, 0.15) is 336 Å². The molecule has 392 valence electrons. The lowest BCUT2D eigenvalue weighted by Crippen LogP contribution is -2.30. The molecule has 0 aliphatic rings. The van der Waals surface area contributed by atoms with Crippen molar-refractivity contribution in [1.82, 2.24) is 0 Å². The molecule has 0 saturated heterocycles. The second kappa shape index (κ2) is 52.8. The maximum absolute atomic E-state index is 12.8. The Balaban J connectivity index is 4.23. The van der Waals surface area contributed by atoms with E-state index in [1.165, 1.54) is 225 Å². The van der Waals surface area contributed by atoms with E-state index in [2.05, 4.69) is 34.6 Å². The number of unbranched alkanes of at least 4 members (excludes halogenated alkanes) is 38. The van der Waals surface area contributed by atoms with Gasteiger partial charge in [0.05, 0.1) is 0 Å². The fraction of sp³-hybridized carbons (Fsp3) is 0.950. The van der Waals surface area contributed by atoms with Gasteiger partial charge in [0.1, 0.15) is 13.2 Å². The molecule has 0 amide bonds. The Morgan fingerprint density at radius 1 is 0.318 bits per heavy atom. The van der Waals surface area contributed by atoms with Gasteiger partial charge in [0, 0.05) is 19.3 Å². The quantitative estimate of drug-likeness (QED) is 0.0343. The molecule has 1 unspecified atom stereocenters. The van der Waals surface area contributed by atoms with Crippen molar-refractivity contribution < 1.29 is 28.6 Å². The van der Waals surface area contributed by atoms with Gasteiger partial charge in [-0.25, -0.2) is 0 Å². The molecular formula is C60H116O6. The molecule has 6 nitrogen and oxygen atoms in total. The summed E-state index contributed by atoms with van der Waals surface area (Å²) in [6.45, 7) is 11.4. The van der Waals surface area contributed by atoms with E-state index in [0.29, 0.717) is 19.3 Å². The predicted molar refractivity (Wildman–Crippen MR) is 284 cm³/mol. The van der Waals surface area contributed by atoms with E-state index in [-0.39, 0.29) is 31.1 Å². The number of carbonyl (C=O) groups is 3. The van der Waals surface area contributed by atoms with Crippen LogP contribution in [0.3, 0.4) is 0 Å². The minimum absolute atomic E-state index is 0.0632. The van der Waals surface area contributed by atoms with Crippen molar-refractivity contribution in [3.63, 3.8) is 0 Å². The topological polar surface area (TPSA) is 78.9 Å². The minimum atomic E-state index is -0.763. The Bertz CT molecular complexity index is 1010. The predicted octanol–water partition coefficient (Wildman–Crippen LogP) is 19.7. The summed E-state index contributed by atoms with van der Waals surface area (Å²) in [5.41, 5.74) is 0. The average molecular weight is 934 g/mol. The van der Waals surface area contributed by atoms with Crippen LogP contribution in [0.2, 0.25) is 0 Å². The van der Waals surface area contributed by atoms with Gasteiger partial charge in [-0.15, -0.1) is 0 Å². The molecule has 0 heterocycles. The van der Waals surface area contributed by atoms with Crippen LogP contribution in [0.25, 0.3) is 0 Å². The van der Waals surface area contributed by atoms with E-state index in [0.717, 1.165) is 69.6 Å². The molecule has 0 rings (SSSR count). The first kappa shape index (κ1) is 64.4. The molecule has 0 aromatic carbocycles. The third-order valence-electron chi connectivity index (χ3n) is 14.1. The first-order chi connectivity index (χ1) is 32.3. The fourth-order valence-electron chi connectivity index (χ4n) is 9.20. The van der Waals surface area contributed by atoms with E-state index >= 15 is 0 Å². The fourth-order valence-corrected chi connectivity index (χ4v) is 9.20. The molecule has 2 atom stereocenters. The van der Waals surface area contributed by atoms with Crippen LogP contribution < -0.4 is 0 Å². The summed E-state index contributed by atoms with van der Waals surface area (Å²) in [5, 5.41) is 0. The molecule has 0 fully saturated rings. The first-order valence-corrected chi connectivity index (χ1v) is 29.8. The second-order valence-electron chi connectivity index (χ2n) is 21.4. The SMILES string of the molecule is CCCCCCCCCCCCCCCCCCCCCC(=O)OC[C@@H](COC(=O)CCCCCCCCCCCCCCCCC(C)CC)OC(=O)CCCCCCCCCCC(C)C. The largest absolute Gasteiger partial charge is 0.462 e. The Kier molecular flexibility index (Phi) is 51.5. The lowest BCUT2D eigenvalue weighted by molar-refractivity contribution is -0.167. The molecule has 6 heteroatoms. The van der Waals surface area contributed by atoms with Crippen LogP contribution in [-0.2, 0) is 28.6 Å². The maximum Gasteiger partial charge on any atom is 0.306 e. The van der Waals surface area contributed by atoms with Gasteiger partial charge in [0.25, 0.3) is 0 Å². The lowest BCUT2D eigenvalue weighted by Gasteiger charge is -2.18. The van der Waals surface area contributed by atoms with E-state index in [9.17, 15) is 14.4 Å². The number of rotatable bonds is 54. The van der Waals surface area contributed by atoms with Crippen LogP contribution in [-0.4, -0.2) is 37.2 Å². The van der Waals surface area contributed by atoms with Crippen molar-refractivity contribution in [3.8, 4) is 0 Å². The molecule has 0 spiro atoms. The van der Waals surface area contributed by atoms with E-state index in [1.54, 1.807) is 0 Å². The highest BCUT2D eigenvalue weighted by Crippen LogP contribution is 2.19. The maximum atomic E-state index is 12.8. The van der Waals surface area contributed by atoms with Gasteiger partial charge >= 0.3 is 17.9 Å². The molecule has 0 aromatic rings. The summed E-state index contributed by atoms with van der Waals surface area (Å²) >= 11 is 0. The molecule has 0 aliphatic carbocycles. The van der Waals surface area contributed by atoms with Gasteiger partial charge in [-0.05, 0) is 31.1 Å². The molecular weight excluding hydrogens is 817 g/mol. The van der Waals surface area contributed by atoms with Crippen LogP contribution in [0.4, 0.5) is 0 Å². The minimum Gasteiger partial charge on any atom is -0.462 e.